The zero-order valence-corrected chi connectivity index (χ0v) is 18.0. The molecule has 0 radical (unpaired) electrons. The number of benzene rings is 2. The van der Waals surface area contributed by atoms with Crippen molar-refractivity contribution < 1.29 is 9.59 Å². The van der Waals surface area contributed by atoms with Gasteiger partial charge in [0.25, 0.3) is 0 Å². The van der Waals surface area contributed by atoms with Crippen molar-refractivity contribution in [1.29, 1.82) is 0 Å². The predicted octanol–water partition coefficient (Wildman–Crippen LogP) is 4.50. The first-order chi connectivity index (χ1) is 14.4. The minimum Gasteiger partial charge on any atom is -0.325 e. The molecule has 2 heterocycles. The number of nitrogens with one attached hydrogen (secondary N) is 1. The third-order valence-electron chi connectivity index (χ3n) is 5.21. The fourth-order valence-corrected chi connectivity index (χ4v) is 4.65. The van der Waals surface area contributed by atoms with Crippen LogP contribution >= 0.6 is 11.3 Å². The molecule has 6 heteroatoms. The van der Waals surface area contributed by atoms with Gasteiger partial charge < -0.3 is 5.32 Å². The Bertz CT molecular complexity index is 1130. The summed E-state index contributed by atoms with van der Waals surface area (Å²) in [6, 6.07) is 17.5. The second-order valence-corrected chi connectivity index (χ2v) is 8.59. The lowest BCUT2D eigenvalue weighted by molar-refractivity contribution is -0.120. The van der Waals surface area contributed by atoms with Crippen molar-refractivity contribution in [2.75, 3.05) is 23.3 Å². The number of hydrogen-bond donors (Lipinski definition) is 1. The molecule has 5 nitrogen and oxygen atoms in total. The highest BCUT2D eigenvalue weighted by Gasteiger charge is 2.30. The molecule has 0 atom stereocenters. The van der Waals surface area contributed by atoms with E-state index in [1.54, 1.807) is 4.90 Å². The van der Waals surface area contributed by atoms with E-state index < -0.39 is 0 Å². The van der Waals surface area contributed by atoms with E-state index in [2.05, 4.69) is 10.3 Å². The van der Waals surface area contributed by atoms with Gasteiger partial charge in [-0.15, -0.1) is 11.3 Å². The number of fused-ring (bicyclic) bond motifs is 1. The van der Waals surface area contributed by atoms with Gasteiger partial charge in [0.1, 0.15) is 18.1 Å². The molecule has 0 saturated heterocycles. The van der Waals surface area contributed by atoms with Gasteiger partial charge in [0, 0.05) is 21.7 Å². The molecule has 1 aromatic heterocycles. The van der Waals surface area contributed by atoms with Gasteiger partial charge >= 0.3 is 0 Å². The SMILES string of the molecule is Cc1ccc(NC(=O)CN2C(=O)CN=C(c3ccccc3)c3c2sc(C)c3C)cc1. The second kappa shape index (κ2) is 8.24. The zero-order chi connectivity index (χ0) is 21.3. The third-order valence-corrected chi connectivity index (χ3v) is 6.44. The smallest absolute Gasteiger partial charge is 0.249 e. The van der Waals surface area contributed by atoms with E-state index in [9.17, 15) is 9.59 Å². The van der Waals surface area contributed by atoms with E-state index in [4.69, 9.17) is 0 Å². The summed E-state index contributed by atoms with van der Waals surface area (Å²) in [5.74, 6) is -0.410. The molecule has 0 spiro atoms. The minimum atomic E-state index is -0.231. The van der Waals surface area contributed by atoms with E-state index >= 15 is 0 Å². The van der Waals surface area contributed by atoms with Crippen molar-refractivity contribution in [2.24, 2.45) is 4.99 Å². The number of carbonyl (C=O) groups is 2. The molecule has 0 saturated carbocycles. The van der Waals surface area contributed by atoms with Crippen LogP contribution in [0.5, 0.6) is 0 Å². The molecule has 30 heavy (non-hydrogen) atoms. The van der Waals surface area contributed by atoms with Gasteiger partial charge in [0.15, 0.2) is 0 Å². The van der Waals surface area contributed by atoms with Crippen molar-refractivity contribution in [2.45, 2.75) is 20.8 Å². The normalized spacial score (nSPS) is 13.5. The van der Waals surface area contributed by atoms with E-state index in [0.717, 1.165) is 37.8 Å². The molecule has 2 amide bonds. The first-order valence-corrected chi connectivity index (χ1v) is 10.6. The quantitative estimate of drug-likeness (QED) is 0.680. The third kappa shape index (κ3) is 3.91. The maximum atomic E-state index is 13.0. The summed E-state index contributed by atoms with van der Waals surface area (Å²) >= 11 is 1.53. The molecular weight excluding hydrogens is 394 g/mol. The average molecular weight is 418 g/mol. The van der Waals surface area contributed by atoms with Crippen molar-refractivity contribution in [3.8, 4) is 0 Å². The summed E-state index contributed by atoms with van der Waals surface area (Å²) in [6.07, 6.45) is 0. The minimum absolute atomic E-state index is 0.0158. The number of aliphatic imine (C=N–C) groups is 1. The van der Waals surface area contributed by atoms with Gasteiger partial charge in [-0.1, -0.05) is 48.0 Å². The van der Waals surface area contributed by atoms with Crippen molar-refractivity contribution in [3.63, 3.8) is 0 Å². The van der Waals surface area contributed by atoms with Crippen molar-refractivity contribution in [3.05, 3.63) is 81.7 Å². The molecule has 0 bridgehead atoms. The molecule has 1 N–H and O–H groups in total. The van der Waals surface area contributed by atoms with Crippen LogP contribution in [0.3, 0.4) is 0 Å². The lowest BCUT2D eigenvalue weighted by atomic mass is 10.00. The second-order valence-electron chi connectivity index (χ2n) is 7.39. The summed E-state index contributed by atoms with van der Waals surface area (Å²) in [5.41, 5.74) is 5.65. The molecule has 0 unspecified atom stereocenters. The standard InChI is InChI=1S/C24H23N3O2S/c1-15-9-11-19(12-10-15)26-20(28)14-27-21(29)13-25-23(18-7-5-4-6-8-18)22-16(2)17(3)30-24(22)27/h4-12H,13-14H2,1-3H3,(H,26,28). The van der Waals surface area contributed by atoms with Gasteiger partial charge in [-0.3, -0.25) is 19.5 Å². The van der Waals surface area contributed by atoms with Crippen LogP contribution in [0.4, 0.5) is 10.7 Å². The number of anilines is 2. The molecule has 0 fully saturated rings. The largest absolute Gasteiger partial charge is 0.325 e. The van der Waals surface area contributed by atoms with Gasteiger partial charge in [-0.05, 0) is 38.5 Å². The van der Waals surface area contributed by atoms with Crippen LogP contribution in [0.15, 0.2) is 59.6 Å². The van der Waals surface area contributed by atoms with E-state index in [1.165, 1.54) is 11.3 Å². The number of amides is 2. The summed E-state index contributed by atoms with van der Waals surface area (Å²) in [5, 5.41) is 3.67. The number of aryl methyl sites for hydroxylation is 2. The maximum Gasteiger partial charge on any atom is 0.249 e. The number of hydrogen-bond acceptors (Lipinski definition) is 4. The molecule has 1 aliphatic heterocycles. The van der Waals surface area contributed by atoms with Crippen molar-refractivity contribution >= 4 is 39.6 Å². The first-order valence-electron chi connectivity index (χ1n) is 9.81. The summed E-state index contributed by atoms with van der Waals surface area (Å²) in [6.45, 7) is 6.04. The highest BCUT2D eigenvalue weighted by molar-refractivity contribution is 7.17. The summed E-state index contributed by atoms with van der Waals surface area (Å²) in [4.78, 5) is 33.0. The Balaban J connectivity index is 1.67. The van der Waals surface area contributed by atoms with E-state index in [0.29, 0.717) is 5.69 Å². The predicted molar refractivity (Wildman–Crippen MR) is 123 cm³/mol. The molecule has 1 aliphatic rings. The van der Waals surface area contributed by atoms with Gasteiger partial charge in [-0.2, -0.15) is 0 Å². The van der Waals surface area contributed by atoms with E-state index in [-0.39, 0.29) is 24.9 Å². The average Bonchev–Trinajstić information content (AvgIpc) is 2.95. The lowest BCUT2D eigenvalue weighted by Gasteiger charge is -2.20. The molecule has 2 aromatic carbocycles. The number of carbonyl (C=O) groups excluding carboxylic acids is 2. The van der Waals surface area contributed by atoms with Gasteiger partial charge in [-0.25, -0.2) is 0 Å². The molecular formula is C24H23N3O2S. The van der Waals surface area contributed by atoms with E-state index in [1.807, 2.05) is 75.4 Å². The first kappa shape index (κ1) is 20.0. The Hall–Kier alpha value is -3.25. The Morgan fingerprint density at radius 2 is 1.77 bits per heavy atom. The molecule has 4 rings (SSSR count). The highest BCUT2D eigenvalue weighted by Crippen LogP contribution is 2.38. The summed E-state index contributed by atoms with van der Waals surface area (Å²) in [7, 11) is 0. The molecule has 0 aliphatic carbocycles. The van der Waals surface area contributed by atoms with Crippen molar-refractivity contribution in [1.82, 2.24) is 0 Å². The maximum absolute atomic E-state index is 13.0. The van der Waals surface area contributed by atoms with Crippen LogP contribution in [0, 0.1) is 20.8 Å². The fraction of sp³-hybridized carbons (Fsp3) is 0.208. The molecule has 3 aromatic rings. The van der Waals surface area contributed by atoms with Gasteiger partial charge in [0.05, 0.1) is 5.71 Å². The fourth-order valence-electron chi connectivity index (χ4n) is 3.47. The number of rotatable bonds is 4. The van der Waals surface area contributed by atoms with Crippen LogP contribution in [-0.4, -0.2) is 30.6 Å². The topological polar surface area (TPSA) is 61.8 Å². The Labute approximate surface area is 180 Å². The number of nitrogens with zero attached hydrogens (tertiary/aromatic N) is 2. The van der Waals surface area contributed by atoms with Gasteiger partial charge in [0.2, 0.25) is 11.8 Å². The Kier molecular flexibility index (Phi) is 5.50. The van der Waals surface area contributed by atoms with Crippen LogP contribution in [0.2, 0.25) is 0 Å². The zero-order valence-electron chi connectivity index (χ0n) is 17.2. The summed E-state index contributed by atoms with van der Waals surface area (Å²) < 4.78 is 0. The lowest BCUT2D eigenvalue weighted by Crippen LogP contribution is -2.38. The Morgan fingerprint density at radius 1 is 1.07 bits per heavy atom. The van der Waals surface area contributed by atoms with Crippen LogP contribution in [-0.2, 0) is 9.59 Å². The highest BCUT2D eigenvalue weighted by atomic mass is 32.1. The van der Waals surface area contributed by atoms with Crippen LogP contribution in [0.25, 0.3) is 0 Å². The number of thiophene rings is 1. The monoisotopic (exact) mass is 417 g/mol. The van der Waals surface area contributed by atoms with Crippen LogP contribution in [0.1, 0.15) is 27.1 Å². The Morgan fingerprint density at radius 3 is 2.47 bits per heavy atom. The molecule has 152 valence electrons. The van der Waals surface area contributed by atoms with Crippen LogP contribution < -0.4 is 10.2 Å².